The molecule has 0 bridgehead atoms. The van der Waals surface area contributed by atoms with Crippen LogP contribution in [-0.2, 0) is 0 Å². The molecular weight excluding hydrogens is 359 g/mol. The molecule has 3 aromatic rings. The number of amides is 1. The Balaban J connectivity index is 2.13. The first-order valence-electron chi connectivity index (χ1n) is 7.89. The molecule has 0 saturated carbocycles. The van der Waals surface area contributed by atoms with Crippen molar-refractivity contribution in [3.05, 3.63) is 70.7 Å². The van der Waals surface area contributed by atoms with E-state index in [9.17, 15) is 14.3 Å². The van der Waals surface area contributed by atoms with Gasteiger partial charge in [0.1, 0.15) is 17.2 Å². The maximum Gasteiger partial charge on any atom is 0.412 e. The molecule has 2 aromatic carbocycles. The Labute approximate surface area is 154 Å². The van der Waals surface area contributed by atoms with Crippen molar-refractivity contribution >= 4 is 23.4 Å². The highest BCUT2D eigenvalue weighted by Crippen LogP contribution is 2.39. The molecule has 0 fully saturated rings. The van der Waals surface area contributed by atoms with Crippen molar-refractivity contribution in [2.24, 2.45) is 0 Å². The van der Waals surface area contributed by atoms with Crippen LogP contribution in [-0.4, -0.2) is 16.4 Å². The van der Waals surface area contributed by atoms with Gasteiger partial charge in [-0.3, -0.25) is 4.90 Å². The molecule has 1 atom stereocenters. The molecule has 1 unspecified atom stereocenters. The zero-order chi connectivity index (χ0) is 18.8. The minimum absolute atomic E-state index is 0.302. The number of nitrogens with zero attached hydrogens (tertiary/aromatic N) is 2. The van der Waals surface area contributed by atoms with Crippen LogP contribution in [0.2, 0.25) is 5.02 Å². The molecule has 0 aliphatic rings. The van der Waals surface area contributed by atoms with Gasteiger partial charge in [-0.1, -0.05) is 35.0 Å². The van der Waals surface area contributed by atoms with Crippen LogP contribution in [0.5, 0.6) is 0 Å². The topological polar surface area (TPSA) is 66.6 Å². The lowest BCUT2D eigenvalue weighted by molar-refractivity contribution is 0.199. The molecule has 0 saturated heterocycles. The number of aromatic nitrogens is 1. The number of carboxylic acid groups (broad SMARTS) is 1. The van der Waals surface area contributed by atoms with Gasteiger partial charge in [0.15, 0.2) is 5.76 Å². The van der Waals surface area contributed by atoms with Crippen molar-refractivity contribution in [1.82, 2.24) is 5.16 Å². The molecular formula is C19H16ClFN2O3. The second-order valence-corrected chi connectivity index (χ2v) is 6.20. The van der Waals surface area contributed by atoms with E-state index in [1.807, 2.05) is 0 Å². The van der Waals surface area contributed by atoms with Gasteiger partial charge in [0, 0.05) is 10.6 Å². The minimum atomic E-state index is -1.17. The highest BCUT2D eigenvalue weighted by molar-refractivity contribution is 6.31. The Kier molecular flexibility index (Phi) is 4.95. The summed E-state index contributed by atoms with van der Waals surface area (Å²) in [7, 11) is 0. The molecule has 1 aromatic heterocycles. The Morgan fingerprint density at radius 1 is 1.23 bits per heavy atom. The third kappa shape index (κ3) is 3.28. The van der Waals surface area contributed by atoms with Gasteiger partial charge in [-0.2, -0.15) is 0 Å². The quantitative estimate of drug-likeness (QED) is 0.637. The van der Waals surface area contributed by atoms with Crippen LogP contribution in [0.15, 0.2) is 53.1 Å². The van der Waals surface area contributed by atoms with Crippen molar-refractivity contribution in [1.29, 1.82) is 0 Å². The maximum atomic E-state index is 13.2. The molecule has 26 heavy (non-hydrogen) atoms. The fraction of sp³-hybridized carbons (Fsp3) is 0.158. The second-order valence-electron chi connectivity index (χ2n) is 5.79. The summed E-state index contributed by atoms with van der Waals surface area (Å²) in [4.78, 5) is 13.2. The third-order valence-electron chi connectivity index (χ3n) is 4.14. The number of benzene rings is 2. The van der Waals surface area contributed by atoms with Crippen LogP contribution in [0.25, 0.3) is 11.3 Å². The molecule has 1 amide bonds. The summed E-state index contributed by atoms with van der Waals surface area (Å²) < 4.78 is 18.5. The van der Waals surface area contributed by atoms with Crippen molar-refractivity contribution in [2.75, 3.05) is 4.90 Å². The maximum absolute atomic E-state index is 13.2. The average molecular weight is 375 g/mol. The number of halogens is 2. The van der Waals surface area contributed by atoms with E-state index in [-0.39, 0.29) is 0 Å². The number of aryl methyl sites for hydroxylation is 1. The zero-order valence-electron chi connectivity index (χ0n) is 14.1. The van der Waals surface area contributed by atoms with Gasteiger partial charge in [0.05, 0.1) is 6.04 Å². The molecule has 3 rings (SSSR count). The predicted octanol–water partition coefficient (Wildman–Crippen LogP) is 5.69. The van der Waals surface area contributed by atoms with E-state index in [0.717, 1.165) is 4.90 Å². The highest BCUT2D eigenvalue weighted by Gasteiger charge is 2.31. The van der Waals surface area contributed by atoms with Crippen molar-refractivity contribution < 1.29 is 18.8 Å². The van der Waals surface area contributed by atoms with Crippen molar-refractivity contribution in [3.63, 3.8) is 0 Å². The molecule has 5 nitrogen and oxygen atoms in total. The van der Waals surface area contributed by atoms with E-state index in [4.69, 9.17) is 16.1 Å². The Hall–Kier alpha value is -2.86. The van der Waals surface area contributed by atoms with Crippen molar-refractivity contribution in [3.8, 4) is 11.3 Å². The number of hydrogen-bond acceptors (Lipinski definition) is 3. The largest absolute Gasteiger partial charge is 0.465 e. The second kappa shape index (κ2) is 7.17. The van der Waals surface area contributed by atoms with Crippen LogP contribution >= 0.6 is 11.6 Å². The first-order chi connectivity index (χ1) is 12.4. The van der Waals surface area contributed by atoms with E-state index < -0.39 is 18.0 Å². The molecule has 1 heterocycles. The van der Waals surface area contributed by atoms with Crippen LogP contribution in [0, 0.1) is 12.7 Å². The Morgan fingerprint density at radius 2 is 1.88 bits per heavy atom. The number of carbonyl (C=O) groups is 1. The van der Waals surface area contributed by atoms with Gasteiger partial charge >= 0.3 is 6.09 Å². The molecule has 0 spiro atoms. The van der Waals surface area contributed by atoms with Gasteiger partial charge in [0.2, 0.25) is 0 Å². The molecule has 1 N–H and O–H groups in total. The van der Waals surface area contributed by atoms with E-state index in [0.29, 0.717) is 33.3 Å². The first-order valence-corrected chi connectivity index (χ1v) is 8.26. The molecule has 0 aliphatic carbocycles. The monoisotopic (exact) mass is 374 g/mol. The zero-order valence-corrected chi connectivity index (χ0v) is 14.9. The fourth-order valence-corrected chi connectivity index (χ4v) is 3.15. The van der Waals surface area contributed by atoms with E-state index >= 15 is 0 Å². The van der Waals surface area contributed by atoms with Crippen LogP contribution in [0.3, 0.4) is 0 Å². The van der Waals surface area contributed by atoms with Crippen LogP contribution < -0.4 is 4.90 Å². The van der Waals surface area contributed by atoms with Gasteiger partial charge < -0.3 is 9.63 Å². The summed E-state index contributed by atoms with van der Waals surface area (Å²) in [6.07, 6.45) is -1.17. The minimum Gasteiger partial charge on any atom is -0.465 e. The first kappa shape index (κ1) is 17.9. The lowest BCUT2D eigenvalue weighted by Gasteiger charge is -2.27. The summed E-state index contributed by atoms with van der Waals surface area (Å²) in [6, 6.07) is 12.1. The molecule has 0 radical (unpaired) electrons. The normalized spacial score (nSPS) is 12.0. The average Bonchev–Trinajstić information content (AvgIpc) is 2.97. The summed E-state index contributed by atoms with van der Waals surface area (Å²) in [5.74, 6) is -0.0549. The standard InChI is InChI=1S/C19H16ClFN2O3/c1-11(15-5-3-4-6-16(15)20)23(19(24)25)18-12(2)26-22-17(18)13-7-9-14(21)10-8-13/h3-11H,1-2H3,(H,24,25). The molecule has 134 valence electrons. The summed E-state index contributed by atoms with van der Waals surface area (Å²) in [5, 5.41) is 14.3. The Bertz CT molecular complexity index is 940. The van der Waals surface area contributed by atoms with Crippen molar-refractivity contribution in [2.45, 2.75) is 19.9 Å². The molecule has 0 aliphatic heterocycles. The van der Waals surface area contributed by atoms with Crippen LogP contribution in [0.4, 0.5) is 14.9 Å². The fourth-order valence-electron chi connectivity index (χ4n) is 2.86. The van der Waals surface area contributed by atoms with Gasteiger partial charge in [-0.15, -0.1) is 0 Å². The van der Waals surface area contributed by atoms with Crippen LogP contribution in [0.1, 0.15) is 24.3 Å². The third-order valence-corrected chi connectivity index (χ3v) is 4.48. The highest BCUT2D eigenvalue weighted by atomic mass is 35.5. The van der Waals surface area contributed by atoms with E-state index in [1.165, 1.54) is 24.3 Å². The molecule has 7 heteroatoms. The van der Waals surface area contributed by atoms with Gasteiger partial charge in [-0.25, -0.2) is 9.18 Å². The predicted molar refractivity (Wildman–Crippen MR) is 97.0 cm³/mol. The lowest BCUT2D eigenvalue weighted by atomic mass is 10.0. The van der Waals surface area contributed by atoms with E-state index in [1.54, 1.807) is 38.1 Å². The number of hydrogen-bond donors (Lipinski definition) is 1. The Morgan fingerprint density at radius 3 is 2.50 bits per heavy atom. The smallest absolute Gasteiger partial charge is 0.412 e. The SMILES string of the molecule is Cc1onc(-c2ccc(F)cc2)c1N(C(=O)O)C(C)c1ccccc1Cl. The van der Waals surface area contributed by atoms with E-state index in [2.05, 4.69) is 5.16 Å². The summed E-state index contributed by atoms with van der Waals surface area (Å²) in [5.41, 5.74) is 1.83. The van der Waals surface area contributed by atoms with Gasteiger partial charge in [0.25, 0.3) is 0 Å². The number of rotatable bonds is 4. The van der Waals surface area contributed by atoms with Gasteiger partial charge in [-0.05, 0) is 49.7 Å². The lowest BCUT2D eigenvalue weighted by Crippen LogP contribution is -2.33. The summed E-state index contributed by atoms with van der Waals surface area (Å²) in [6.45, 7) is 3.36. The number of anilines is 1. The summed E-state index contributed by atoms with van der Waals surface area (Å²) >= 11 is 6.24.